The number of rotatable bonds is 8. The summed E-state index contributed by atoms with van der Waals surface area (Å²) in [6.07, 6.45) is 0.620. The molecule has 0 fully saturated rings. The molecular weight excluding hydrogens is 480 g/mol. The Morgan fingerprint density at radius 1 is 0.974 bits per heavy atom. The predicted molar refractivity (Wildman–Crippen MR) is 145 cm³/mol. The van der Waals surface area contributed by atoms with Crippen LogP contribution in [0.5, 0.6) is 5.75 Å². The van der Waals surface area contributed by atoms with Crippen LogP contribution in [0.3, 0.4) is 0 Å². The Hall–Kier alpha value is -4.17. The molecule has 0 aliphatic carbocycles. The first-order valence-corrected chi connectivity index (χ1v) is 12.7. The lowest BCUT2D eigenvalue weighted by Gasteiger charge is -2.37. The average molecular weight is 515 g/mol. The van der Waals surface area contributed by atoms with Crippen molar-refractivity contribution in [2.75, 3.05) is 6.54 Å². The zero-order valence-electron chi connectivity index (χ0n) is 21.7. The fourth-order valence-electron chi connectivity index (χ4n) is 4.95. The monoisotopic (exact) mass is 514 g/mol. The van der Waals surface area contributed by atoms with Crippen LogP contribution < -0.4 is 16.4 Å². The molecule has 3 aromatic rings. The first-order valence-electron chi connectivity index (χ1n) is 12.7. The van der Waals surface area contributed by atoms with E-state index in [1.807, 2.05) is 68.4 Å². The van der Waals surface area contributed by atoms with Crippen molar-refractivity contribution in [2.45, 2.75) is 51.9 Å². The van der Waals surface area contributed by atoms with E-state index in [1.165, 1.54) is 4.90 Å². The number of aromatic hydroxyl groups is 1. The van der Waals surface area contributed by atoms with Gasteiger partial charge in [-0.2, -0.15) is 0 Å². The van der Waals surface area contributed by atoms with E-state index in [1.54, 1.807) is 12.1 Å². The number of nitrogens with two attached hydrogens (primary N) is 1. The van der Waals surface area contributed by atoms with Crippen molar-refractivity contribution < 1.29 is 19.5 Å². The molecule has 4 rings (SSSR count). The van der Waals surface area contributed by atoms with Gasteiger partial charge in [0.25, 0.3) is 0 Å². The summed E-state index contributed by atoms with van der Waals surface area (Å²) in [6.45, 7) is 4.17. The average Bonchev–Trinajstić information content (AvgIpc) is 2.91. The van der Waals surface area contributed by atoms with Crippen LogP contribution in [0.4, 0.5) is 0 Å². The molecule has 0 aromatic heterocycles. The third-order valence-electron chi connectivity index (χ3n) is 7.01. The van der Waals surface area contributed by atoms with Crippen molar-refractivity contribution in [3.05, 3.63) is 100 Å². The quantitative estimate of drug-likeness (QED) is 0.367. The van der Waals surface area contributed by atoms with E-state index in [9.17, 15) is 19.5 Å². The summed E-state index contributed by atoms with van der Waals surface area (Å²) in [7, 11) is 0. The second-order valence-electron chi connectivity index (χ2n) is 9.80. The maximum Gasteiger partial charge on any atom is 0.243 e. The molecule has 38 heavy (non-hydrogen) atoms. The molecule has 0 unspecified atom stereocenters. The maximum atomic E-state index is 13.6. The summed E-state index contributed by atoms with van der Waals surface area (Å²) in [5.41, 5.74) is 11.9. The van der Waals surface area contributed by atoms with Crippen LogP contribution in [0.25, 0.3) is 0 Å². The second kappa shape index (κ2) is 11.9. The van der Waals surface area contributed by atoms with E-state index in [4.69, 9.17) is 5.73 Å². The van der Waals surface area contributed by atoms with Crippen LogP contribution in [-0.4, -0.2) is 46.4 Å². The van der Waals surface area contributed by atoms with Gasteiger partial charge >= 0.3 is 0 Å². The summed E-state index contributed by atoms with van der Waals surface area (Å²) < 4.78 is 0. The fraction of sp³-hybridized carbons (Fsp3) is 0.300. The Bertz CT molecular complexity index is 1300. The highest BCUT2D eigenvalue weighted by Crippen LogP contribution is 2.26. The minimum atomic E-state index is -0.869. The van der Waals surface area contributed by atoms with Gasteiger partial charge in [-0.15, -0.1) is 0 Å². The number of phenolic OH excluding ortho intramolecular Hbond substituents is 1. The standard InChI is InChI=1S/C30H34N4O4/c1-19-12-24(35)13-20(2)25(19)15-26(31)30(38)34-18-23-11-7-6-10-22(23)14-27(34)29(37)33-17-28(36)32-16-21-8-4-3-5-9-21/h3-13,26-27,35H,14-18,31H2,1-2H3,(H,32,36)(H,33,37)/t26-,27-/m0/s1. The van der Waals surface area contributed by atoms with Crippen LogP contribution in [0.15, 0.2) is 66.7 Å². The van der Waals surface area contributed by atoms with Crippen molar-refractivity contribution in [2.24, 2.45) is 5.73 Å². The van der Waals surface area contributed by atoms with E-state index in [0.29, 0.717) is 13.0 Å². The molecule has 3 amide bonds. The molecule has 0 bridgehead atoms. The number of aryl methyl sites for hydroxylation is 2. The molecule has 1 heterocycles. The number of fused-ring (bicyclic) bond motifs is 1. The van der Waals surface area contributed by atoms with E-state index in [2.05, 4.69) is 10.6 Å². The van der Waals surface area contributed by atoms with Crippen LogP contribution >= 0.6 is 0 Å². The summed E-state index contributed by atoms with van der Waals surface area (Å²) in [4.78, 5) is 40.8. The number of phenols is 1. The van der Waals surface area contributed by atoms with Gasteiger partial charge < -0.3 is 26.4 Å². The summed E-state index contributed by atoms with van der Waals surface area (Å²) in [5.74, 6) is -0.876. The molecule has 8 heteroatoms. The van der Waals surface area contributed by atoms with Crippen LogP contribution in [0.2, 0.25) is 0 Å². The molecule has 0 spiro atoms. The second-order valence-corrected chi connectivity index (χ2v) is 9.80. The normalized spacial score (nSPS) is 15.3. The van der Waals surface area contributed by atoms with Gasteiger partial charge in [-0.1, -0.05) is 54.6 Å². The number of benzene rings is 3. The fourth-order valence-corrected chi connectivity index (χ4v) is 4.95. The zero-order valence-corrected chi connectivity index (χ0v) is 21.7. The molecule has 1 aliphatic heterocycles. The highest BCUT2D eigenvalue weighted by molar-refractivity contribution is 5.92. The highest BCUT2D eigenvalue weighted by Gasteiger charge is 2.36. The minimum Gasteiger partial charge on any atom is -0.508 e. The van der Waals surface area contributed by atoms with Crippen molar-refractivity contribution in [1.29, 1.82) is 0 Å². The van der Waals surface area contributed by atoms with Gasteiger partial charge in [-0.05, 0) is 65.8 Å². The Morgan fingerprint density at radius 2 is 1.61 bits per heavy atom. The zero-order chi connectivity index (χ0) is 27.2. The smallest absolute Gasteiger partial charge is 0.243 e. The number of amides is 3. The third kappa shape index (κ3) is 6.39. The molecule has 0 saturated heterocycles. The number of carbonyl (C=O) groups excluding carboxylic acids is 3. The van der Waals surface area contributed by atoms with E-state index in [0.717, 1.165) is 33.4 Å². The predicted octanol–water partition coefficient (Wildman–Crippen LogP) is 2.26. The molecule has 5 N–H and O–H groups in total. The molecule has 198 valence electrons. The van der Waals surface area contributed by atoms with Crippen LogP contribution in [-0.2, 0) is 40.3 Å². The van der Waals surface area contributed by atoms with Crippen molar-refractivity contribution in [1.82, 2.24) is 15.5 Å². The summed E-state index contributed by atoms with van der Waals surface area (Å²) in [6, 6.07) is 18.9. The molecule has 3 aromatic carbocycles. The lowest BCUT2D eigenvalue weighted by Crippen LogP contribution is -2.57. The van der Waals surface area contributed by atoms with Gasteiger partial charge in [0.15, 0.2) is 0 Å². The van der Waals surface area contributed by atoms with Crippen molar-refractivity contribution >= 4 is 17.7 Å². The molecule has 2 atom stereocenters. The van der Waals surface area contributed by atoms with Crippen LogP contribution in [0.1, 0.15) is 33.4 Å². The Balaban J connectivity index is 1.45. The number of carbonyl (C=O) groups is 3. The van der Waals surface area contributed by atoms with Gasteiger partial charge in [0.1, 0.15) is 11.8 Å². The largest absolute Gasteiger partial charge is 0.508 e. The first kappa shape index (κ1) is 26.9. The summed E-state index contributed by atoms with van der Waals surface area (Å²) >= 11 is 0. The molecule has 0 radical (unpaired) electrons. The number of nitrogens with one attached hydrogen (secondary N) is 2. The lowest BCUT2D eigenvalue weighted by molar-refractivity contribution is -0.143. The number of hydrogen-bond donors (Lipinski definition) is 4. The van der Waals surface area contributed by atoms with E-state index < -0.39 is 18.0 Å². The van der Waals surface area contributed by atoms with Crippen molar-refractivity contribution in [3.8, 4) is 5.75 Å². The Morgan fingerprint density at radius 3 is 2.29 bits per heavy atom. The lowest BCUT2D eigenvalue weighted by atomic mass is 9.91. The van der Waals surface area contributed by atoms with Gasteiger partial charge in [0, 0.05) is 19.5 Å². The summed E-state index contributed by atoms with van der Waals surface area (Å²) in [5, 5.41) is 15.4. The number of nitrogens with zero attached hydrogens (tertiary/aromatic N) is 1. The number of hydrogen-bond acceptors (Lipinski definition) is 5. The maximum absolute atomic E-state index is 13.6. The Labute approximate surface area is 222 Å². The SMILES string of the molecule is Cc1cc(O)cc(C)c1C[C@H](N)C(=O)N1Cc2ccccc2C[C@H]1C(=O)NCC(=O)NCc1ccccc1. The van der Waals surface area contributed by atoms with E-state index in [-0.39, 0.29) is 37.1 Å². The minimum absolute atomic E-state index is 0.167. The van der Waals surface area contributed by atoms with Crippen LogP contribution in [0, 0.1) is 13.8 Å². The molecule has 8 nitrogen and oxygen atoms in total. The Kier molecular flexibility index (Phi) is 8.43. The molecule has 1 aliphatic rings. The topological polar surface area (TPSA) is 125 Å². The first-order chi connectivity index (χ1) is 18.2. The van der Waals surface area contributed by atoms with Gasteiger partial charge in [0.05, 0.1) is 12.6 Å². The van der Waals surface area contributed by atoms with Gasteiger partial charge in [-0.25, -0.2) is 0 Å². The highest BCUT2D eigenvalue weighted by atomic mass is 16.3. The molecular formula is C30H34N4O4. The van der Waals surface area contributed by atoms with E-state index >= 15 is 0 Å². The van der Waals surface area contributed by atoms with Crippen molar-refractivity contribution in [3.63, 3.8) is 0 Å². The third-order valence-corrected chi connectivity index (χ3v) is 7.01. The molecule has 0 saturated carbocycles. The van der Waals surface area contributed by atoms with Gasteiger partial charge in [0.2, 0.25) is 17.7 Å². The van der Waals surface area contributed by atoms with Gasteiger partial charge in [-0.3, -0.25) is 14.4 Å².